The number of aromatic nitrogens is 6. The van der Waals surface area contributed by atoms with Gasteiger partial charge in [0.05, 0.1) is 17.8 Å². The normalized spacial score (nSPS) is 20.0. The summed E-state index contributed by atoms with van der Waals surface area (Å²) in [6.07, 6.45) is 4.64. The van der Waals surface area contributed by atoms with Gasteiger partial charge >= 0.3 is 6.03 Å². The molecule has 4 aromatic rings. The number of nitrogens with zero attached hydrogens (tertiary/aromatic N) is 8. The standard InChI is InChI=1S/C29H30N10O3/c1-15-6-7-30-27(32-15)21-11-22(21)28(41)35-24-12-23(33-16(2)34-24)31-13-19-10-20-8-18(17-4-5-17)9-25(39(20)36-19)38-14-26(40)37(3)29(38)42/h6-10,12,17,21-22H,4-5,11,13-14H2,1-3H3,(H2,31,33,34,35,41). The van der Waals surface area contributed by atoms with Crippen LogP contribution >= 0.6 is 0 Å². The minimum absolute atomic E-state index is 0.0136. The van der Waals surface area contributed by atoms with Crippen LogP contribution in [-0.4, -0.2) is 65.9 Å². The molecular weight excluding hydrogens is 536 g/mol. The van der Waals surface area contributed by atoms with E-state index in [0.717, 1.165) is 40.2 Å². The Hall–Kier alpha value is -4.94. The molecule has 0 aromatic carbocycles. The lowest BCUT2D eigenvalue weighted by Gasteiger charge is -2.17. The number of anilines is 3. The molecule has 2 unspecified atom stereocenters. The first-order chi connectivity index (χ1) is 20.2. The smallest absolute Gasteiger partial charge is 0.332 e. The molecule has 42 heavy (non-hydrogen) atoms. The van der Waals surface area contributed by atoms with Gasteiger partial charge < -0.3 is 10.6 Å². The number of rotatable bonds is 8. The average Bonchev–Trinajstić information content (AvgIpc) is 3.88. The molecule has 4 amide bonds. The van der Waals surface area contributed by atoms with Gasteiger partial charge in [-0.15, -0.1) is 0 Å². The predicted octanol–water partition coefficient (Wildman–Crippen LogP) is 3.16. The van der Waals surface area contributed by atoms with Crippen LogP contribution in [0.25, 0.3) is 5.52 Å². The van der Waals surface area contributed by atoms with Crippen molar-refractivity contribution in [3.8, 4) is 0 Å². The number of nitrogens with one attached hydrogen (secondary N) is 2. The van der Waals surface area contributed by atoms with Gasteiger partial charge in [0.15, 0.2) is 0 Å². The van der Waals surface area contributed by atoms with Crippen LogP contribution in [0.4, 0.5) is 22.2 Å². The fraction of sp³-hybridized carbons (Fsp3) is 0.379. The van der Waals surface area contributed by atoms with Gasteiger partial charge in [-0.05, 0) is 68.9 Å². The zero-order valence-electron chi connectivity index (χ0n) is 23.5. The first kappa shape index (κ1) is 26.0. The summed E-state index contributed by atoms with van der Waals surface area (Å²) in [5, 5.41) is 11.0. The van der Waals surface area contributed by atoms with Gasteiger partial charge in [-0.25, -0.2) is 29.2 Å². The van der Waals surface area contributed by atoms with E-state index in [1.807, 2.05) is 25.1 Å². The largest absolute Gasteiger partial charge is 0.364 e. The minimum Gasteiger partial charge on any atom is -0.364 e. The van der Waals surface area contributed by atoms with Crippen LogP contribution in [0.5, 0.6) is 0 Å². The number of amides is 4. The average molecular weight is 567 g/mol. The molecule has 7 rings (SSSR count). The number of pyridine rings is 1. The molecule has 3 aliphatic rings. The van der Waals surface area contributed by atoms with Crippen LogP contribution in [0.1, 0.15) is 59.7 Å². The highest BCUT2D eigenvalue weighted by Gasteiger charge is 2.46. The van der Waals surface area contributed by atoms with Crippen LogP contribution in [0.3, 0.4) is 0 Å². The van der Waals surface area contributed by atoms with Crippen LogP contribution < -0.4 is 15.5 Å². The van der Waals surface area contributed by atoms with E-state index in [9.17, 15) is 14.4 Å². The second kappa shape index (κ2) is 9.86. The Bertz CT molecular complexity index is 1760. The summed E-state index contributed by atoms with van der Waals surface area (Å²) in [6, 6.07) is 9.20. The molecule has 0 spiro atoms. The van der Waals surface area contributed by atoms with Crippen molar-refractivity contribution in [2.75, 3.05) is 29.1 Å². The Morgan fingerprint density at radius 2 is 1.86 bits per heavy atom. The third-order valence-corrected chi connectivity index (χ3v) is 7.94. The summed E-state index contributed by atoms with van der Waals surface area (Å²) in [7, 11) is 1.49. The Morgan fingerprint density at radius 1 is 1.05 bits per heavy atom. The third kappa shape index (κ3) is 4.91. The summed E-state index contributed by atoms with van der Waals surface area (Å²) in [6.45, 7) is 4.02. The molecule has 214 valence electrons. The Kier molecular flexibility index (Phi) is 6.10. The van der Waals surface area contributed by atoms with Crippen molar-refractivity contribution in [2.24, 2.45) is 5.92 Å². The van der Waals surface area contributed by atoms with Crippen molar-refractivity contribution >= 4 is 40.8 Å². The van der Waals surface area contributed by atoms with Gasteiger partial charge in [-0.3, -0.25) is 19.4 Å². The number of carbonyl (C=O) groups excluding carboxylic acids is 3. The van der Waals surface area contributed by atoms with E-state index in [4.69, 9.17) is 5.10 Å². The summed E-state index contributed by atoms with van der Waals surface area (Å²) < 4.78 is 1.72. The Balaban J connectivity index is 1.07. The van der Waals surface area contributed by atoms with E-state index in [2.05, 4.69) is 36.6 Å². The molecule has 2 saturated carbocycles. The monoisotopic (exact) mass is 566 g/mol. The van der Waals surface area contributed by atoms with E-state index in [1.54, 1.807) is 23.7 Å². The first-order valence-corrected chi connectivity index (χ1v) is 14.0. The minimum atomic E-state index is -0.362. The molecule has 0 radical (unpaired) electrons. The van der Waals surface area contributed by atoms with Gasteiger partial charge in [0, 0.05) is 36.8 Å². The molecule has 2 atom stereocenters. The van der Waals surface area contributed by atoms with Gasteiger partial charge in [0.25, 0.3) is 5.91 Å². The summed E-state index contributed by atoms with van der Waals surface area (Å²) in [5.74, 6) is 2.68. The molecule has 13 heteroatoms. The topological polar surface area (TPSA) is 151 Å². The Labute approximate surface area is 241 Å². The molecular formula is C29H30N10O3. The van der Waals surface area contributed by atoms with E-state index in [1.165, 1.54) is 11.9 Å². The fourth-order valence-corrected chi connectivity index (χ4v) is 5.40. The van der Waals surface area contributed by atoms with Crippen LogP contribution in [0, 0.1) is 19.8 Å². The van der Waals surface area contributed by atoms with Gasteiger partial charge in [0.1, 0.15) is 35.6 Å². The maximum Gasteiger partial charge on any atom is 0.332 e. The van der Waals surface area contributed by atoms with E-state index >= 15 is 0 Å². The van der Waals surface area contributed by atoms with Crippen molar-refractivity contribution in [2.45, 2.75) is 51.5 Å². The number of aryl methyl sites for hydroxylation is 2. The van der Waals surface area contributed by atoms with Crippen LogP contribution in [0.15, 0.2) is 36.5 Å². The molecule has 3 fully saturated rings. The van der Waals surface area contributed by atoms with Crippen molar-refractivity contribution in [3.05, 3.63) is 65.1 Å². The molecule has 2 aliphatic carbocycles. The lowest BCUT2D eigenvalue weighted by molar-refractivity contribution is -0.124. The number of fused-ring (bicyclic) bond motifs is 1. The number of hydrogen-bond acceptors (Lipinski definition) is 9. The fourth-order valence-electron chi connectivity index (χ4n) is 5.40. The summed E-state index contributed by atoms with van der Waals surface area (Å²) in [4.78, 5) is 58.2. The summed E-state index contributed by atoms with van der Waals surface area (Å²) in [5.41, 5.74) is 3.61. The number of urea groups is 1. The SMILES string of the molecule is Cc1ccnc(C2CC2C(=O)Nc2cc(NCc3cc4cc(C5CC5)cc(N5CC(=O)N(C)C5=O)n4n3)nc(C)n2)n1. The molecule has 1 saturated heterocycles. The van der Waals surface area contributed by atoms with Crippen molar-refractivity contribution in [1.29, 1.82) is 0 Å². The van der Waals surface area contributed by atoms with Crippen molar-refractivity contribution < 1.29 is 14.4 Å². The van der Waals surface area contributed by atoms with E-state index < -0.39 is 0 Å². The molecule has 5 heterocycles. The third-order valence-electron chi connectivity index (χ3n) is 7.94. The predicted molar refractivity (Wildman–Crippen MR) is 153 cm³/mol. The van der Waals surface area contributed by atoms with Gasteiger partial charge in [-0.2, -0.15) is 5.10 Å². The molecule has 0 bridgehead atoms. The van der Waals surface area contributed by atoms with Crippen molar-refractivity contribution in [3.63, 3.8) is 0 Å². The summed E-state index contributed by atoms with van der Waals surface area (Å²) >= 11 is 0. The van der Waals surface area contributed by atoms with Gasteiger partial charge in [-0.1, -0.05) is 0 Å². The van der Waals surface area contributed by atoms with E-state index in [-0.39, 0.29) is 36.2 Å². The number of hydrogen-bond donors (Lipinski definition) is 2. The first-order valence-electron chi connectivity index (χ1n) is 14.0. The molecule has 1 aliphatic heterocycles. The highest BCUT2D eigenvalue weighted by atomic mass is 16.2. The van der Waals surface area contributed by atoms with Crippen LogP contribution in [0.2, 0.25) is 0 Å². The van der Waals surface area contributed by atoms with Gasteiger partial charge in [0.2, 0.25) is 5.91 Å². The number of likely N-dealkylation sites (N-methyl/N-ethyl adjacent to an activating group) is 1. The lowest BCUT2D eigenvalue weighted by Crippen LogP contribution is -2.31. The molecule has 13 nitrogen and oxygen atoms in total. The maximum atomic E-state index is 12.9. The zero-order chi connectivity index (χ0) is 29.1. The highest BCUT2D eigenvalue weighted by Crippen LogP contribution is 2.46. The Morgan fingerprint density at radius 3 is 2.60 bits per heavy atom. The zero-order valence-corrected chi connectivity index (χ0v) is 23.5. The quantitative estimate of drug-likeness (QED) is 0.307. The lowest BCUT2D eigenvalue weighted by atomic mass is 10.1. The molecule has 2 N–H and O–H groups in total. The van der Waals surface area contributed by atoms with Crippen LogP contribution in [-0.2, 0) is 16.1 Å². The number of imide groups is 1. The second-order valence-electron chi connectivity index (χ2n) is 11.2. The maximum absolute atomic E-state index is 12.9. The number of carbonyl (C=O) groups is 3. The molecule has 4 aromatic heterocycles. The highest BCUT2D eigenvalue weighted by molar-refractivity contribution is 6.11. The van der Waals surface area contributed by atoms with E-state index in [0.29, 0.717) is 48.0 Å². The van der Waals surface area contributed by atoms with Crippen molar-refractivity contribution in [1.82, 2.24) is 34.4 Å². The second-order valence-corrected chi connectivity index (χ2v) is 11.2.